The molecule has 30 heavy (non-hydrogen) atoms. The molecule has 2 heterocycles. The lowest BCUT2D eigenvalue weighted by molar-refractivity contribution is 0.148. The van der Waals surface area contributed by atoms with Crippen molar-refractivity contribution in [2.24, 2.45) is 10.9 Å². The van der Waals surface area contributed by atoms with Gasteiger partial charge in [-0.2, -0.15) is 0 Å². The highest BCUT2D eigenvalue weighted by atomic mass is 15.3. The Balaban J connectivity index is 1.53. The summed E-state index contributed by atoms with van der Waals surface area (Å²) in [5.74, 6) is 1.56. The third-order valence-corrected chi connectivity index (χ3v) is 6.48. The SMILES string of the molecule is CCNC(=NCc1ccc(CN2CCN(C)CC2)cc1)NC1CN(C(C)C)CC1C. The van der Waals surface area contributed by atoms with Gasteiger partial charge in [-0.3, -0.25) is 9.80 Å². The number of hydrogen-bond acceptors (Lipinski definition) is 4. The van der Waals surface area contributed by atoms with Crippen molar-refractivity contribution in [2.75, 3.05) is 52.9 Å². The molecule has 6 nitrogen and oxygen atoms in total. The van der Waals surface area contributed by atoms with Crippen LogP contribution in [0.25, 0.3) is 0 Å². The Hall–Kier alpha value is -1.63. The summed E-state index contributed by atoms with van der Waals surface area (Å²) in [5.41, 5.74) is 2.66. The van der Waals surface area contributed by atoms with Gasteiger partial charge in [0, 0.05) is 64.4 Å². The molecule has 2 atom stereocenters. The van der Waals surface area contributed by atoms with Crippen LogP contribution in [0.5, 0.6) is 0 Å². The maximum Gasteiger partial charge on any atom is 0.191 e. The van der Waals surface area contributed by atoms with E-state index in [1.165, 1.54) is 24.2 Å². The topological polar surface area (TPSA) is 46.1 Å². The van der Waals surface area contributed by atoms with Crippen molar-refractivity contribution >= 4 is 5.96 Å². The monoisotopic (exact) mass is 414 g/mol. The van der Waals surface area contributed by atoms with Gasteiger partial charge in [-0.05, 0) is 44.9 Å². The van der Waals surface area contributed by atoms with Crippen molar-refractivity contribution in [1.29, 1.82) is 0 Å². The number of nitrogens with zero attached hydrogens (tertiary/aromatic N) is 4. The number of benzene rings is 1. The highest BCUT2D eigenvalue weighted by molar-refractivity contribution is 5.80. The molecular weight excluding hydrogens is 372 g/mol. The minimum absolute atomic E-state index is 0.455. The van der Waals surface area contributed by atoms with Gasteiger partial charge >= 0.3 is 0 Å². The number of hydrogen-bond donors (Lipinski definition) is 2. The fraction of sp³-hybridized carbons (Fsp3) is 0.708. The summed E-state index contributed by atoms with van der Waals surface area (Å²) in [7, 11) is 2.21. The Morgan fingerprint density at radius 2 is 1.73 bits per heavy atom. The summed E-state index contributed by atoms with van der Waals surface area (Å²) >= 11 is 0. The van der Waals surface area contributed by atoms with Gasteiger partial charge in [0.05, 0.1) is 6.54 Å². The molecule has 0 aromatic heterocycles. The van der Waals surface area contributed by atoms with Crippen LogP contribution in [0.4, 0.5) is 0 Å². The second-order valence-corrected chi connectivity index (χ2v) is 9.37. The molecule has 0 aliphatic carbocycles. The van der Waals surface area contributed by atoms with Crippen LogP contribution in [0.3, 0.4) is 0 Å². The van der Waals surface area contributed by atoms with E-state index in [9.17, 15) is 0 Å². The first-order valence-corrected chi connectivity index (χ1v) is 11.7. The highest BCUT2D eigenvalue weighted by Crippen LogP contribution is 2.18. The second kappa shape index (κ2) is 11.1. The van der Waals surface area contributed by atoms with Gasteiger partial charge in [0.25, 0.3) is 0 Å². The van der Waals surface area contributed by atoms with Crippen molar-refractivity contribution in [3.05, 3.63) is 35.4 Å². The highest BCUT2D eigenvalue weighted by Gasteiger charge is 2.31. The molecular formula is C24H42N6. The van der Waals surface area contributed by atoms with Crippen molar-refractivity contribution in [2.45, 2.75) is 52.9 Å². The quantitative estimate of drug-likeness (QED) is 0.529. The molecule has 168 valence electrons. The van der Waals surface area contributed by atoms with E-state index in [0.29, 0.717) is 24.5 Å². The third kappa shape index (κ3) is 6.69. The summed E-state index contributed by atoms with van der Waals surface area (Å²) in [5, 5.41) is 7.10. The summed E-state index contributed by atoms with van der Waals surface area (Å²) < 4.78 is 0. The predicted octanol–water partition coefficient (Wildman–Crippen LogP) is 2.22. The lowest BCUT2D eigenvalue weighted by atomic mass is 10.1. The fourth-order valence-electron chi connectivity index (χ4n) is 4.29. The van der Waals surface area contributed by atoms with Crippen molar-refractivity contribution in [3.8, 4) is 0 Å². The Bertz CT molecular complexity index is 663. The molecule has 2 saturated heterocycles. The van der Waals surface area contributed by atoms with Crippen LogP contribution in [0.1, 0.15) is 38.8 Å². The van der Waals surface area contributed by atoms with Crippen molar-refractivity contribution < 1.29 is 0 Å². The maximum absolute atomic E-state index is 4.87. The van der Waals surface area contributed by atoms with Gasteiger partial charge in [-0.1, -0.05) is 31.2 Å². The van der Waals surface area contributed by atoms with Gasteiger partial charge in [0.15, 0.2) is 5.96 Å². The number of aliphatic imine (C=N–C) groups is 1. The Labute approximate surface area is 183 Å². The molecule has 2 aliphatic rings. The fourth-order valence-corrected chi connectivity index (χ4v) is 4.29. The standard InChI is InChI=1S/C24H42N6/c1-6-25-24(27-23-18-30(19(2)3)16-20(23)4)26-15-21-7-9-22(10-8-21)17-29-13-11-28(5)12-14-29/h7-10,19-20,23H,6,11-18H2,1-5H3,(H2,25,26,27). The molecule has 0 spiro atoms. The number of rotatable bonds is 7. The number of likely N-dealkylation sites (tertiary alicyclic amines) is 1. The summed E-state index contributed by atoms with van der Waals surface area (Å²) in [4.78, 5) is 12.4. The van der Waals surface area contributed by atoms with Gasteiger partial charge < -0.3 is 15.5 Å². The normalized spacial score (nSPS) is 24.5. The first-order valence-electron chi connectivity index (χ1n) is 11.7. The van der Waals surface area contributed by atoms with E-state index in [2.05, 4.69) is 84.3 Å². The van der Waals surface area contributed by atoms with E-state index in [-0.39, 0.29) is 0 Å². The molecule has 0 saturated carbocycles. The average Bonchev–Trinajstić information content (AvgIpc) is 3.10. The van der Waals surface area contributed by atoms with Crippen LogP contribution in [-0.2, 0) is 13.1 Å². The molecule has 0 amide bonds. The summed E-state index contributed by atoms with van der Waals surface area (Å²) in [6, 6.07) is 10.1. The molecule has 2 fully saturated rings. The zero-order valence-corrected chi connectivity index (χ0v) is 19.7. The summed E-state index contributed by atoms with van der Waals surface area (Å²) in [6.45, 7) is 18.6. The van der Waals surface area contributed by atoms with E-state index < -0.39 is 0 Å². The Morgan fingerprint density at radius 1 is 1.07 bits per heavy atom. The van der Waals surface area contributed by atoms with Crippen LogP contribution >= 0.6 is 0 Å². The smallest absolute Gasteiger partial charge is 0.191 e. The van der Waals surface area contributed by atoms with Gasteiger partial charge in [-0.15, -0.1) is 0 Å². The van der Waals surface area contributed by atoms with Crippen LogP contribution in [-0.4, -0.2) is 85.6 Å². The number of likely N-dealkylation sites (N-methyl/N-ethyl adjacent to an activating group) is 1. The van der Waals surface area contributed by atoms with Gasteiger partial charge in [-0.25, -0.2) is 4.99 Å². The van der Waals surface area contributed by atoms with E-state index >= 15 is 0 Å². The zero-order valence-electron chi connectivity index (χ0n) is 19.7. The predicted molar refractivity (Wildman–Crippen MR) is 127 cm³/mol. The second-order valence-electron chi connectivity index (χ2n) is 9.37. The van der Waals surface area contributed by atoms with Gasteiger partial charge in [0.1, 0.15) is 0 Å². The van der Waals surface area contributed by atoms with Gasteiger partial charge in [0.2, 0.25) is 0 Å². The molecule has 0 bridgehead atoms. The zero-order chi connectivity index (χ0) is 21.5. The van der Waals surface area contributed by atoms with Crippen LogP contribution in [0, 0.1) is 5.92 Å². The molecule has 3 rings (SSSR count). The Kier molecular flexibility index (Phi) is 8.54. The lowest BCUT2D eigenvalue weighted by Crippen LogP contribution is -2.46. The molecule has 6 heteroatoms. The largest absolute Gasteiger partial charge is 0.357 e. The van der Waals surface area contributed by atoms with Crippen LogP contribution in [0.15, 0.2) is 29.3 Å². The van der Waals surface area contributed by atoms with Crippen molar-refractivity contribution in [3.63, 3.8) is 0 Å². The molecule has 2 aliphatic heterocycles. The average molecular weight is 415 g/mol. The Morgan fingerprint density at radius 3 is 2.33 bits per heavy atom. The minimum atomic E-state index is 0.455. The van der Waals surface area contributed by atoms with Crippen LogP contribution < -0.4 is 10.6 Å². The minimum Gasteiger partial charge on any atom is -0.357 e. The summed E-state index contributed by atoms with van der Waals surface area (Å²) in [6.07, 6.45) is 0. The number of nitrogens with one attached hydrogen (secondary N) is 2. The molecule has 2 N–H and O–H groups in total. The first kappa shape index (κ1) is 23.0. The molecule has 2 unspecified atom stereocenters. The lowest BCUT2D eigenvalue weighted by Gasteiger charge is -2.32. The van der Waals surface area contributed by atoms with Crippen LogP contribution in [0.2, 0.25) is 0 Å². The molecule has 1 aromatic carbocycles. The van der Waals surface area contributed by atoms with E-state index in [1.807, 2.05) is 0 Å². The van der Waals surface area contributed by atoms with E-state index in [0.717, 1.165) is 45.2 Å². The maximum atomic E-state index is 4.87. The third-order valence-electron chi connectivity index (χ3n) is 6.48. The van der Waals surface area contributed by atoms with E-state index in [4.69, 9.17) is 4.99 Å². The van der Waals surface area contributed by atoms with Crippen molar-refractivity contribution in [1.82, 2.24) is 25.3 Å². The number of guanidine groups is 1. The molecule has 1 aromatic rings. The molecule has 0 radical (unpaired) electrons. The first-order chi connectivity index (χ1) is 14.4. The number of piperazine rings is 1. The van der Waals surface area contributed by atoms with E-state index in [1.54, 1.807) is 0 Å².